The molecule has 3 atom stereocenters. The molecule has 1 fully saturated rings. The highest BCUT2D eigenvalue weighted by atomic mass is 79.9. The lowest BCUT2D eigenvalue weighted by Gasteiger charge is -2.24. The second kappa shape index (κ2) is 5.89. The summed E-state index contributed by atoms with van der Waals surface area (Å²) in [6.07, 6.45) is 3.53. The van der Waals surface area contributed by atoms with Crippen molar-refractivity contribution in [3.63, 3.8) is 0 Å². The van der Waals surface area contributed by atoms with Crippen molar-refractivity contribution in [1.29, 1.82) is 0 Å². The average molecular weight is 335 g/mol. The fraction of sp³-hybridized carbons (Fsp3) is 0.571. The van der Waals surface area contributed by atoms with E-state index in [-0.39, 0.29) is 16.9 Å². The molecule has 1 saturated carbocycles. The lowest BCUT2D eigenvalue weighted by molar-refractivity contribution is 0.368. The molecule has 1 N–H and O–H groups in total. The van der Waals surface area contributed by atoms with Crippen LogP contribution < -0.4 is 5.32 Å². The van der Waals surface area contributed by atoms with E-state index in [1.807, 2.05) is 19.2 Å². The Morgan fingerprint density at radius 1 is 1.44 bits per heavy atom. The van der Waals surface area contributed by atoms with Crippen molar-refractivity contribution >= 4 is 27.5 Å². The van der Waals surface area contributed by atoms with Crippen LogP contribution in [0.25, 0.3) is 0 Å². The van der Waals surface area contributed by atoms with Gasteiger partial charge in [-0.2, -0.15) is 0 Å². The first-order chi connectivity index (χ1) is 8.54. The van der Waals surface area contributed by atoms with Crippen molar-refractivity contribution in [3.05, 3.63) is 33.0 Å². The van der Waals surface area contributed by atoms with Crippen molar-refractivity contribution in [1.82, 2.24) is 5.32 Å². The van der Waals surface area contributed by atoms with E-state index in [1.165, 1.54) is 6.42 Å². The van der Waals surface area contributed by atoms with E-state index in [0.29, 0.717) is 16.0 Å². The van der Waals surface area contributed by atoms with Crippen LogP contribution in [0.2, 0.25) is 5.02 Å². The fourth-order valence-corrected chi connectivity index (χ4v) is 3.46. The van der Waals surface area contributed by atoms with Gasteiger partial charge in [0.25, 0.3) is 0 Å². The smallest absolute Gasteiger partial charge is 0.147 e. The summed E-state index contributed by atoms with van der Waals surface area (Å²) in [4.78, 5) is 0. The van der Waals surface area contributed by atoms with Crippen LogP contribution in [-0.4, -0.2) is 7.05 Å². The number of rotatable bonds is 3. The van der Waals surface area contributed by atoms with Crippen LogP contribution in [-0.2, 0) is 0 Å². The van der Waals surface area contributed by atoms with Gasteiger partial charge >= 0.3 is 0 Å². The standard InChI is InChI=1S/C14H18BrClFN/c1-8-3-4-9(7-8)14(18-2)10-5-6-11(15)12(16)13(10)17/h5-6,8-9,14,18H,3-4,7H2,1-2H3. The molecule has 3 unspecified atom stereocenters. The number of hydrogen-bond donors (Lipinski definition) is 1. The van der Waals surface area contributed by atoms with E-state index in [4.69, 9.17) is 11.6 Å². The molecule has 0 bridgehead atoms. The van der Waals surface area contributed by atoms with E-state index < -0.39 is 0 Å². The van der Waals surface area contributed by atoms with Crippen LogP contribution >= 0.6 is 27.5 Å². The molecular formula is C14H18BrClFN. The molecule has 4 heteroatoms. The van der Waals surface area contributed by atoms with Crippen LogP contribution in [0, 0.1) is 17.7 Å². The Kier molecular flexibility index (Phi) is 4.68. The molecule has 0 radical (unpaired) electrons. The Balaban J connectivity index is 2.30. The zero-order valence-corrected chi connectivity index (χ0v) is 13.0. The van der Waals surface area contributed by atoms with Gasteiger partial charge in [-0.1, -0.05) is 31.0 Å². The normalized spacial score (nSPS) is 25.4. The summed E-state index contributed by atoms with van der Waals surface area (Å²) in [6, 6.07) is 3.71. The molecule has 0 heterocycles. The molecule has 0 aromatic heterocycles. The average Bonchev–Trinajstić information content (AvgIpc) is 2.77. The van der Waals surface area contributed by atoms with Gasteiger partial charge in [0.15, 0.2) is 0 Å². The highest BCUT2D eigenvalue weighted by molar-refractivity contribution is 9.10. The first-order valence-electron chi connectivity index (χ1n) is 6.35. The van der Waals surface area contributed by atoms with Crippen LogP contribution in [0.3, 0.4) is 0 Å². The lowest BCUT2D eigenvalue weighted by Crippen LogP contribution is -2.25. The number of benzene rings is 1. The van der Waals surface area contributed by atoms with Gasteiger partial charge in [-0.25, -0.2) is 4.39 Å². The molecular weight excluding hydrogens is 317 g/mol. The van der Waals surface area contributed by atoms with E-state index in [1.54, 1.807) is 0 Å². The molecule has 0 saturated heterocycles. The third-order valence-corrected chi connectivity index (χ3v) is 5.18. The first-order valence-corrected chi connectivity index (χ1v) is 7.52. The minimum Gasteiger partial charge on any atom is -0.313 e. The Hall–Kier alpha value is -0.120. The molecule has 100 valence electrons. The first kappa shape index (κ1) is 14.3. The summed E-state index contributed by atoms with van der Waals surface area (Å²) >= 11 is 9.22. The minimum absolute atomic E-state index is 0.0561. The third-order valence-electron chi connectivity index (χ3n) is 3.92. The second-order valence-corrected chi connectivity index (χ2v) is 6.44. The van der Waals surface area contributed by atoms with Crippen molar-refractivity contribution in [2.24, 2.45) is 11.8 Å². The molecule has 1 aliphatic rings. The highest BCUT2D eigenvalue weighted by Gasteiger charge is 2.31. The summed E-state index contributed by atoms with van der Waals surface area (Å²) in [7, 11) is 1.89. The van der Waals surface area contributed by atoms with Crippen LogP contribution in [0.1, 0.15) is 37.8 Å². The summed E-state index contributed by atoms with van der Waals surface area (Å²) in [6.45, 7) is 2.26. The minimum atomic E-state index is -0.301. The maximum atomic E-state index is 14.2. The van der Waals surface area contributed by atoms with E-state index in [2.05, 4.69) is 28.2 Å². The second-order valence-electron chi connectivity index (χ2n) is 5.21. The predicted molar refractivity (Wildman–Crippen MR) is 77.4 cm³/mol. The molecule has 1 aromatic carbocycles. The molecule has 1 nitrogen and oxygen atoms in total. The summed E-state index contributed by atoms with van der Waals surface area (Å²) in [5.41, 5.74) is 0.685. The molecule has 1 aromatic rings. The third kappa shape index (κ3) is 2.73. The van der Waals surface area contributed by atoms with E-state index in [9.17, 15) is 4.39 Å². The monoisotopic (exact) mass is 333 g/mol. The van der Waals surface area contributed by atoms with Gasteiger partial charge in [0.2, 0.25) is 0 Å². The molecule has 0 amide bonds. The summed E-state index contributed by atoms with van der Waals surface area (Å²) in [5, 5.41) is 3.43. The SMILES string of the molecule is CNC(c1ccc(Br)c(Cl)c1F)C1CCC(C)C1. The maximum absolute atomic E-state index is 14.2. The van der Waals surface area contributed by atoms with Gasteiger partial charge in [0, 0.05) is 16.1 Å². The lowest BCUT2D eigenvalue weighted by atomic mass is 9.91. The van der Waals surface area contributed by atoms with Crippen molar-refractivity contribution in [2.45, 2.75) is 32.2 Å². The Labute approximate surface area is 121 Å². The summed E-state index contributed by atoms with van der Waals surface area (Å²) < 4.78 is 14.9. The Bertz CT molecular complexity index is 438. The van der Waals surface area contributed by atoms with Crippen molar-refractivity contribution < 1.29 is 4.39 Å². The quantitative estimate of drug-likeness (QED) is 0.772. The number of halogens is 3. The van der Waals surface area contributed by atoms with Gasteiger partial charge in [0.05, 0.1) is 5.02 Å². The Morgan fingerprint density at radius 3 is 2.72 bits per heavy atom. The summed E-state index contributed by atoms with van der Waals surface area (Å²) in [5.74, 6) is 0.932. The molecule has 0 aliphatic heterocycles. The zero-order chi connectivity index (χ0) is 13.3. The number of hydrogen-bond acceptors (Lipinski definition) is 1. The fourth-order valence-electron chi connectivity index (χ4n) is 2.98. The van der Waals surface area contributed by atoms with Gasteiger partial charge in [-0.05, 0) is 53.7 Å². The maximum Gasteiger partial charge on any atom is 0.147 e. The van der Waals surface area contributed by atoms with Crippen molar-refractivity contribution in [3.8, 4) is 0 Å². The van der Waals surface area contributed by atoms with E-state index >= 15 is 0 Å². The van der Waals surface area contributed by atoms with Crippen LogP contribution in [0.15, 0.2) is 16.6 Å². The largest absolute Gasteiger partial charge is 0.313 e. The van der Waals surface area contributed by atoms with Gasteiger partial charge < -0.3 is 5.32 Å². The zero-order valence-electron chi connectivity index (χ0n) is 10.6. The highest BCUT2D eigenvalue weighted by Crippen LogP contribution is 2.41. The van der Waals surface area contributed by atoms with Crippen molar-refractivity contribution in [2.75, 3.05) is 7.05 Å². The van der Waals surface area contributed by atoms with Gasteiger partial charge in [0.1, 0.15) is 5.82 Å². The molecule has 1 aliphatic carbocycles. The van der Waals surface area contributed by atoms with Gasteiger partial charge in [-0.3, -0.25) is 0 Å². The number of nitrogens with one attached hydrogen (secondary N) is 1. The molecule has 2 rings (SSSR count). The Morgan fingerprint density at radius 2 is 2.17 bits per heavy atom. The molecule has 0 spiro atoms. The van der Waals surface area contributed by atoms with Gasteiger partial charge in [-0.15, -0.1) is 0 Å². The van der Waals surface area contributed by atoms with Crippen LogP contribution in [0.4, 0.5) is 4.39 Å². The predicted octanol–water partition coefficient (Wildman–Crippen LogP) is 4.94. The molecule has 18 heavy (non-hydrogen) atoms. The van der Waals surface area contributed by atoms with Crippen LogP contribution in [0.5, 0.6) is 0 Å². The van der Waals surface area contributed by atoms with E-state index in [0.717, 1.165) is 18.8 Å². The topological polar surface area (TPSA) is 12.0 Å².